The first-order valence-corrected chi connectivity index (χ1v) is 8.13. The van der Waals surface area contributed by atoms with Gasteiger partial charge in [-0.3, -0.25) is 10.1 Å². The zero-order valence-electron chi connectivity index (χ0n) is 9.67. The van der Waals surface area contributed by atoms with E-state index in [2.05, 4.69) is 4.72 Å². The molecule has 106 valence electrons. The number of hydrogen-bond donors (Lipinski definition) is 1. The highest BCUT2D eigenvalue weighted by Gasteiger charge is 2.26. The zero-order valence-corrected chi connectivity index (χ0v) is 12.1. The Morgan fingerprint density at radius 3 is 2.89 bits per heavy atom. The summed E-state index contributed by atoms with van der Waals surface area (Å²) in [6, 6.07) is 0.963. The Hall–Kier alpha value is -0.740. The van der Waals surface area contributed by atoms with Crippen molar-refractivity contribution in [1.29, 1.82) is 0 Å². The molecule has 1 N–H and O–H groups in total. The Morgan fingerprint density at radius 1 is 1.63 bits per heavy atom. The fourth-order valence-corrected chi connectivity index (χ4v) is 4.45. The van der Waals surface area contributed by atoms with Crippen LogP contribution in [0.5, 0.6) is 0 Å². The maximum Gasteiger partial charge on any atom is 0.300 e. The molecule has 19 heavy (non-hydrogen) atoms. The van der Waals surface area contributed by atoms with E-state index in [1.54, 1.807) is 0 Å². The molecule has 10 heteroatoms. The van der Waals surface area contributed by atoms with Crippen LogP contribution in [0.4, 0.5) is 5.69 Å². The van der Waals surface area contributed by atoms with Crippen LogP contribution in [0.1, 0.15) is 12.8 Å². The van der Waals surface area contributed by atoms with Crippen molar-refractivity contribution >= 4 is 38.6 Å². The van der Waals surface area contributed by atoms with Gasteiger partial charge in [0.15, 0.2) is 4.34 Å². The molecular formula is C9H11ClN2O5S2. The average molecular weight is 327 g/mol. The average Bonchev–Trinajstić information content (AvgIpc) is 2.95. The summed E-state index contributed by atoms with van der Waals surface area (Å²) in [5.41, 5.74) is -0.399. The van der Waals surface area contributed by atoms with Gasteiger partial charge in [-0.05, 0) is 12.8 Å². The molecule has 0 aromatic carbocycles. The molecule has 0 aliphatic carbocycles. The van der Waals surface area contributed by atoms with Gasteiger partial charge < -0.3 is 4.74 Å². The maximum absolute atomic E-state index is 11.9. The van der Waals surface area contributed by atoms with E-state index in [4.69, 9.17) is 16.3 Å². The topological polar surface area (TPSA) is 98.5 Å². The number of ether oxygens (including phenoxy) is 1. The lowest BCUT2D eigenvalue weighted by Crippen LogP contribution is -2.31. The molecular weight excluding hydrogens is 316 g/mol. The number of rotatable bonds is 5. The van der Waals surface area contributed by atoms with Gasteiger partial charge in [-0.25, -0.2) is 13.1 Å². The van der Waals surface area contributed by atoms with Crippen LogP contribution < -0.4 is 4.72 Å². The molecule has 1 aliphatic heterocycles. The second kappa shape index (κ2) is 5.71. The van der Waals surface area contributed by atoms with E-state index in [-0.39, 0.29) is 21.2 Å². The summed E-state index contributed by atoms with van der Waals surface area (Å²) < 4.78 is 31.2. The van der Waals surface area contributed by atoms with E-state index in [1.807, 2.05) is 0 Å². The SMILES string of the molecule is O=[N+]([O-])c1cc(S(=O)(=O)NCC2CCCO2)sc1Cl. The van der Waals surface area contributed by atoms with Crippen LogP contribution in [0.2, 0.25) is 4.34 Å². The molecule has 1 saturated heterocycles. The van der Waals surface area contributed by atoms with E-state index < -0.39 is 20.6 Å². The van der Waals surface area contributed by atoms with E-state index >= 15 is 0 Å². The Morgan fingerprint density at radius 2 is 2.37 bits per heavy atom. The standard InChI is InChI=1S/C9H11ClN2O5S2/c10-9-7(12(13)14)4-8(18-9)19(15,16)11-5-6-2-1-3-17-6/h4,6,11H,1-3,5H2. The molecule has 0 radical (unpaired) electrons. The third kappa shape index (κ3) is 3.42. The maximum atomic E-state index is 11.9. The summed E-state index contributed by atoms with van der Waals surface area (Å²) in [6.45, 7) is 0.786. The fraction of sp³-hybridized carbons (Fsp3) is 0.556. The van der Waals surface area contributed by atoms with E-state index in [0.717, 1.165) is 18.9 Å². The first kappa shape index (κ1) is 14.7. The van der Waals surface area contributed by atoms with Crippen molar-refractivity contribution < 1.29 is 18.1 Å². The van der Waals surface area contributed by atoms with Crippen LogP contribution in [-0.2, 0) is 14.8 Å². The number of hydrogen-bond acceptors (Lipinski definition) is 6. The molecule has 1 atom stereocenters. The van der Waals surface area contributed by atoms with Crippen LogP contribution in [0.15, 0.2) is 10.3 Å². The molecule has 1 aromatic heterocycles. The third-order valence-corrected chi connectivity index (χ3v) is 5.87. The lowest BCUT2D eigenvalue weighted by atomic mass is 10.2. The van der Waals surface area contributed by atoms with Gasteiger partial charge in [0.05, 0.1) is 11.0 Å². The first-order chi connectivity index (χ1) is 8.90. The minimum atomic E-state index is -3.78. The monoisotopic (exact) mass is 326 g/mol. The first-order valence-electron chi connectivity index (χ1n) is 5.45. The lowest BCUT2D eigenvalue weighted by molar-refractivity contribution is -0.384. The Bertz CT molecular complexity index is 579. The molecule has 2 heterocycles. The Balaban J connectivity index is 2.10. The van der Waals surface area contributed by atoms with E-state index in [1.165, 1.54) is 0 Å². The molecule has 0 amide bonds. The quantitative estimate of drug-likeness (QED) is 0.656. The number of thiophene rings is 1. The van der Waals surface area contributed by atoms with Crippen molar-refractivity contribution in [3.05, 3.63) is 20.5 Å². The van der Waals surface area contributed by atoms with Crippen molar-refractivity contribution in [3.8, 4) is 0 Å². The summed E-state index contributed by atoms with van der Waals surface area (Å²) >= 11 is 6.30. The highest BCUT2D eigenvalue weighted by Crippen LogP contribution is 2.36. The summed E-state index contributed by atoms with van der Waals surface area (Å²) in [4.78, 5) is 9.91. The van der Waals surface area contributed by atoms with Gasteiger partial charge in [0, 0.05) is 19.2 Å². The van der Waals surface area contributed by atoms with Gasteiger partial charge in [-0.15, -0.1) is 11.3 Å². The van der Waals surface area contributed by atoms with Crippen molar-refractivity contribution in [2.45, 2.75) is 23.2 Å². The van der Waals surface area contributed by atoms with Gasteiger partial charge in [-0.2, -0.15) is 0 Å². The van der Waals surface area contributed by atoms with Gasteiger partial charge >= 0.3 is 0 Å². The fourth-order valence-electron chi connectivity index (χ4n) is 1.67. The van der Waals surface area contributed by atoms with Gasteiger partial charge in [0.1, 0.15) is 4.21 Å². The predicted molar refractivity (Wildman–Crippen MR) is 70.1 cm³/mol. The smallest absolute Gasteiger partial charge is 0.300 e. The van der Waals surface area contributed by atoms with Crippen LogP contribution in [-0.4, -0.2) is 32.6 Å². The largest absolute Gasteiger partial charge is 0.377 e. The minimum absolute atomic E-state index is 0.139. The number of nitrogens with one attached hydrogen (secondary N) is 1. The molecule has 0 saturated carbocycles. The van der Waals surface area contributed by atoms with E-state index in [9.17, 15) is 18.5 Å². The molecule has 1 aromatic rings. The summed E-state index contributed by atoms with van der Waals surface area (Å²) in [7, 11) is -3.78. The van der Waals surface area contributed by atoms with Crippen LogP contribution in [0.3, 0.4) is 0 Å². The number of halogens is 1. The minimum Gasteiger partial charge on any atom is -0.377 e. The normalized spacial score (nSPS) is 19.7. The summed E-state index contributed by atoms with van der Waals surface area (Å²) in [5.74, 6) is 0. The predicted octanol–water partition coefficient (Wildman–Crippen LogP) is 1.77. The molecule has 7 nitrogen and oxygen atoms in total. The Labute approximate surface area is 118 Å². The van der Waals surface area contributed by atoms with Crippen molar-refractivity contribution in [1.82, 2.24) is 4.72 Å². The van der Waals surface area contributed by atoms with Crippen LogP contribution in [0.25, 0.3) is 0 Å². The van der Waals surface area contributed by atoms with Gasteiger partial charge in [-0.1, -0.05) is 11.6 Å². The summed E-state index contributed by atoms with van der Waals surface area (Å²) in [6.07, 6.45) is 1.57. The Kier molecular flexibility index (Phi) is 4.41. The van der Waals surface area contributed by atoms with Crippen molar-refractivity contribution in [2.75, 3.05) is 13.2 Å². The molecule has 1 fully saturated rings. The highest BCUT2D eigenvalue weighted by molar-refractivity contribution is 7.91. The summed E-state index contributed by atoms with van der Waals surface area (Å²) in [5, 5.41) is 10.6. The number of sulfonamides is 1. The van der Waals surface area contributed by atoms with Gasteiger partial charge in [0.2, 0.25) is 10.0 Å². The third-order valence-electron chi connectivity index (χ3n) is 2.63. The lowest BCUT2D eigenvalue weighted by Gasteiger charge is -2.09. The van der Waals surface area contributed by atoms with Gasteiger partial charge in [0.25, 0.3) is 5.69 Å². The number of nitro groups is 1. The molecule has 0 bridgehead atoms. The molecule has 1 aliphatic rings. The second-order valence-corrected chi connectivity index (χ2v) is 7.62. The van der Waals surface area contributed by atoms with Crippen molar-refractivity contribution in [3.63, 3.8) is 0 Å². The molecule has 1 unspecified atom stereocenters. The number of nitrogens with zero attached hydrogens (tertiary/aromatic N) is 1. The van der Waals surface area contributed by atoms with Crippen LogP contribution >= 0.6 is 22.9 Å². The van der Waals surface area contributed by atoms with Crippen LogP contribution in [0, 0.1) is 10.1 Å². The molecule has 0 spiro atoms. The van der Waals surface area contributed by atoms with E-state index in [0.29, 0.717) is 17.9 Å². The zero-order chi connectivity index (χ0) is 14.0. The van der Waals surface area contributed by atoms with Crippen molar-refractivity contribution in [2.24, 2.45) is 0 Å². The highest BCUT2D eigenvalue weighted by atomic mass is 35.5. The molecule has 2 rings (SSSR count). The second-order valence-electron chi connectivity index (χ2n) is 3.97.